The molecule has 0 saturated heterocycles. The van der Waals surface area contributed by atoms with Crippen LogP contribution in [0.15, 0.2) is 18.2 Å². The number of alkyl halides is 3. The maximum atomic E-state index is 11.8. The van der Waals surface area contributed by atoms with Gasteiger partial charge in [0.15, 0.2) is 6.61 Å². The molecule has 0 atom stereocenters. The van der Waals surface area contributed by atoms with Crippen molar-refractivity contribution in [2.24, 2.45) is 0 Å². The Kier molecular flexibility index (Phi) is 3.25. The van der Waals surface area contributed by atoms with Crippen molar-refractivity contribution in [1.82, 2.24) is 0 Å². The zero-order chi connectivity index (χ0) is 11.5. The summed E-state index contributed by atoms with van der Waals surface area (Å²) in [6.07, 6.45) is 0.852. The fraction of sp³-hybridized carbons (Fsp3) is 0.273. The van der Waals surface area contributed by atoms with Crippen LogP contribution in [0.25, 0.3) is 0 Å². The van der Waals surface area contributed by atoms with E-state index in [0.717, 1.165) is 5.56 Å². The summed E-state index contributed by atoms with van der Waals surface area (Å²) in [4.78, 5) is 0. The number of benzene rings is 1. The molecule has 1 rings (SSSR count). The minimum absolute atomic E-state index is 0.170. The summed E-state index contributed by atoms with van der Waals surface area (Å²) in [7, 11) is 0. The van der Waals surface area contributed by atoms with Crippen LogP contribution in [0, 0.1) is 19.3 Å². The van der Waals surface area contributed by atoms with Crippen LogP contribution in [0.4, 0.5) is 13.2 Å². The van der Waals surface area contributed by atoms with E-state index in [1.54, 1.807) is 13.0 Å². The molecule has 0 radical (unpaired) electrons. The minimum atomic E-state index is -4.32. The van der Waals surface area contributed by atoms with Crippen LogP contribution in [-0.2, 0) is 0 Å². The van der Waals surface area contributed by atoms with Gasteiger partial charge in [-0.15, -0.1) is 6.42 Å². The normalized spacial score (nSPS) is 10.9. The number of hydrogen-bond donors (Lipinski definition) is 0. The Balaban J connectivity index is 2.73. The van der Waals surface area contributed by atoms with E-state index in [2.05, 4.69) is 10.7 Å². The topological polar surface area (TPSA) is 9.23 Å². The lowest BCUT2D eigenvalue weighted by molar-refractivity contribution is -0.153. The predicted molar refractivity (Wildman–Crippen MR) is 50.7 cm³/mol. The lowest BCUT2D eigenvalue weighted by Gasteiger charge is -2.09. The number of aryl methyl sites for hydroxylation is 1. The molecule has 0 fully saturated rings. The van der Waals surface area contributed by atoms with Crippen molar-refractivity contribution in [3.05, 3.63) is 29.3 Å². The highest BCUT2D eigenvalue weighted by Crippen LogP contribution is 2.20. The van der Waals surface area contributed by atoms with Crippen LogP contribution in [0.2, 0.25) is 0 Å². The molecule has 0 N–H and O–H groups in total. The second kappa shape index (κ2) is 4.26. The highest BCUT2D eigenvalue weighted by Gasteiger charge is 2.28. The molecule has 0 spiro atoms. The van der Waals surface area contributed by atoms with Gasteiger partial charge >= 0.3 is 6.18 Å². The fourth-order valence-electron chi connectivity index (χ4n) is 1.05. The van der Waals surface area contributed by atoms with Crippen LogP contribution in [0.1, 0.15) is 11.1 Å². The van der Waals surface area contributed by atoms with Crippen molar-refractivity contribution in [2.45, 2.75) is 13.1 Å². The Bertz CT molecular complexity index is 388. The van der Waals surface area contributed by atoms with Gasteiger partial charge in [0.05, 0.1) is 0 Å². The number of ether oxygens (including phenoxy) is 1. The maximum Gasteiger partial charge on any atom is 0.422 e. The molecular weight excluding hydrogens is 205 g/mol. The average molecular weight is 214 g/mol. The molecule has 15 heavy (non-hydrogen) atoms. The van der Waals surface area contributed by atoms with Gasteiger partial charge in [-0.05, 0) is 30.7 Å². The monoisotopic (exact) mass is 214 g/mol. The highest BCUT2D eigenvalue weighted by atomic mass is 19.4. The SMILES string of the molecule is C#Cc1ccc(OCC(F)(F)F)cc1C. The summed E-state index contributed by atoms with van der Waals surface area (Å²) in [6, 6.07) is 4.47. The lowest BCUT2D eigenvalue weighted by atomic mass is 10.1. The second-order valence-electron chi connectivity index (χ2n) is 3.02. The number of terminal acetylenes is 1. The first-order chi connectivity index (χ1) is 6.92. The highest BCUT2D eigenvalue weighted by molar-refractivity contribution is 5.43. The van der Waals surface area contributed by atoms with Crippen molar-refractivity contribution in [1.29, 1.82) is 0 Å². The van der Waals surface area contributed by atoms with Crippen molar-refractivity contribution in [3.8, 4) is 18.1 Å². The van der Waals surface area contributed by atoms with Crippen LogP contribution in [-0.4, -0.2) is 12.8 Å². The summed E-state index contributed by atoms with van der Waals surface area (Å²) in [6.45, 7) is 0.428. The summed E-state index contributed by atoms with van der Waals surface area (Å²) in [5, 5.41) is 0. The molecule has 1 aromatic carbocycles. The number of hydrogen-bond acceptors (Lipinski definition) is 1. The lowest BCUT2D eigenvalue weighted by Crippen LogP contribution is -2.19. The third-order valence-electron chi connectivity index (χ3n) is 1.76. The molecule has 0 unspecified atom stereocenters. The fourth-order valence-corrected chi connectivity index (χ4v) is 1.05. The molecule has 0 amide bonds. The van der Waals surface area contributed by atoms with Gasteiger partial charge in [0, 0.05) is 5.56 Å². The molecule has 80 valence electrons. The molecular formula is C11H9F3O. The number of rotatable bonds is 2. The van der Waals surface area contributed by atoms with Gasteiger partial charge in [0.1, 0.15) is 5.75 Å². The Hall–Kier alpha value is -1.63. The largest absolute Gasteiger partial charge is 0.484 e. The molecule has 0 aromatic heterocycles. The van der Waals surface area contributed by atoms with Crippen LogP contribution >= 0.6 is 0 Å². The van der Waals surface area contributed by atoms with E-state index in [0.29, 0.717) is 5.56 Å². The molecule has 0 aliphatic carbocycles. The van der Waals surface area contributed by atoms with Gasteiger partial charge in [0.25, 0.3) is 0 Å². The van der Waals surface area contributed by atoms with Crippen LogP contribution in [0.3, 0.4) is 0 Å². The molecule has 0 aliphatic rings. The summed E-state index contributed by atoms with van der Waals surface area (Å²) < 4.78 is 40.0. The first-order valence-corrected chi connectivity index (χ1v) is 4.19. The van der Waals surface area contributed by atoms with Crippen molar-refractivity contribution >= 4 is 0 Å². The van der Waals surface area contributed by atoms with E-state index < -0.39 is 12.8 Å². The van der Waals surface area contributed by atoms with E-state index in [-0.39, 0.29) is 5.75 Å². The van der Waals surface area contributed by atoms with Crippen LogP contribution < -0.4 is 4.74 Å². The molecule has 0 saturated carbocycles. The Morgan fingerprint density at radius 1 is 1.40 bits per heavy atom. The standard InChI is InChI=1S/C11H9F3O/c1-3-9-4-5-10(6-8(9)2)15-7-11(12,13)14/h1,4-6H,7H2,2H3. The van der Waals surface area contributed by atoms with Gasteiger partial charge in [-0.2, -0.15) is 13.2 Å². The van der Waals surface area contributed by atoms with Gasteiger partial charge in [-0.1, -0.05) is 5.92 Å². The first-order valence-electron chi connectivity index (χ1n) is 4.19. The number of halogens is 3. The molecule has 0 heterocycles. The van der Waals surface area contributed by atoms with Gasteiger partial charge < -0.3 is 4.74 Å². The zero-order valence-corrected chi connectivity index (χ0v) is 8.06. The van der Waals surface area contributed by atoms with Gasteiger partial charge in [-0.3, -0.25) is 0 Å². The Morgan fingerprint density at radius 2 is 2.07 bits per heavy atom. The van der Waals surface area contributed by atoms with Crippen molar-refractivity contribution < 1.29 is 17.9 Å². The molecule has 1 nitrogen and oxygen atoms in total. The van der Waals surface area contributed by atoms with Crippen molar-refractivity contribution in [2.75, 3.05) is 6.61 Å². The van der Waals surface area contributed by atoms with E-state index in [1.807, 2.05) is 0 Å². The first kappa shape index (κ1) is 11.4. The van der Waals surface area contributed by atoms with Gasteiger partial charge in [-0.25, -0.2) is 0 Å². The zero-order valence-electron chi connectivity index (χ0n) is 8.06. The van der Waals surface area contributed by atoms with Crippen molar-refractivity contribution in [3.63, 3.8) is 0 Å². The molecule has 0 aliphatic heterocycles. The quantitative estimate of drug-likeness (QED) is 0.688. The van der Waals surface area contributed by atoms with E-state index in [1.165, 1.54) is 12.1 Å². The molecule has 0 bridgehead atoms. The smallest absolute Gasteiger partial charge is 0.422 e. The van der Waals surface area contributed by atoms with E-state index in [4.69, 9.17) is 6.42 Å². The summed E-state index contributed by atoms with van der Waals surface area (Å²) in [5.41, 5.74) is 1.37. The van der Waals surface area contributed by atoms with E-state index >= 15 is 0 Å². The second-order valence-corrected chi connectivity index (χ2v) is 3.02. The summed E-state index contributed by atoms with van der Waals surface area (Å²) >= 11 is 0. The van der Waals surface area contributed by atoms with Gasteiger partial charge in [0.2, 0.25) is 0 Å². The summed E-state index contributed by atoms with van der Waals surface area (Å²) in [5.74, 6) is 2.59. The maximum absolute atomic E-state index is 11.8. The predicted octanol–water partition coefficient (Wildman–Crippen LogP) is 2.92. The minimum Gasteiger partial charge on any atom is -0.484 e. The van der Waals surface area contributed by atoms with Crippen LogP contribution in [0.5, 0.6) is 5.75 Å². The Morgan fingerprint density at radius 3 is 2.53 bits per heavy atom. The third kappa shape index (κ3) is 3.55. The molecule has 4 heteroatoms. The van der Waals surface area contributed by atoms with E-state index in [9.17, 15) is 13.2 Å². The molecule has 1 aromatic rings. The third-order valence-corrected chi connectivity index (χ3v) is 1.76. The average Bonchev–Trinajstić information content (AvgIpc) is 2.14. The Labute approximate surface area is 85.9 Å².